The number of benzene rings is 1. The lowest BCUT2D eigenvalue weighted by Gasteiger charge is -2.13. The van der Waals surface area contributed by atoms with Crippen molar-refractivity contribution in [1.82, 2.24) is 0 Å². The summed E-state index contributed by atoms with van der Waals surface area (Å²) in [6, 6.07) is 5.34. The largest absolute Gasteiger partial charge is 0.465 e. The summed E-state index contributed by atoms with van der Waals surface area (Å²) in [5.74, 6) is -0.495. The number of carbonyl (C=O) groups excluding carboxylic acids is 1. The molecule has 2 N–H and O–H groups in total. The van der Waals surface area contributed by atoms with Gasteiger partial charge in [0.1, 0.15) is 0 Å². The van der Waals surface area contributed by atoms with Crippen molar-refractivity contribution in [3.05, 3.63) is 35.4 Å². The van der Waals surface area contributed by atoms with Crippen molar-refractivity contribution in [2.24, 2.45) is 5.73 Å². The van der Waals surface area contributed by atoms with Crippen molar-refractivity contribution in [3.63, 3.8) is 0 Å². The molecule has 0 heterocycles. The predicted octanol–water partition coefficient (Wildman–Crippen LogP) is 3.24. The van der Waals surface area contributed by atoms with Gasteiger partial charge in [-0.25, -0.2) is 4.79 Å². The SMILES string of the molecule is COC(=O)c1ccc([C@@H](N)CCC(F)(F)F)cc1.Cl. The van der Waals surface area contributed by atoms with E-state index in [1.807, 2.05) is 0 Å². The molecule has 3 nitrogen and oxygen atoms in total. The number of methoxy groups -OCH3 is 1. The highest BCUT2D eigenvalue weighted by molar-refractivity contribution is 5.89. The van der Waals surface area contributed by atoms with Crippen LogP contribution in [0.1, 0.15) is 34.8 Å². The van der Waals surface area contributed by atoms with E-state index in [0.29, 0.717) is 11.1 Å². The lowest BCUT2D eigenvalue weighted by molar-refractivity contribution is -0.136. The smallest absolute Gasteiger partial charge is 0.389 e. The van der Waals surface area contributed by atoms with Gasteiger partial charge in [-0.1, -0.05) is 12.1 Å². The molecule has 7 heteroatoms. The molecular weight excluding hydrogens is 283 g/mol. The predicted molar refractivity (Wildman–Crippen MR) is 67.2 cm³/mol. The van der Waals surface area contributed by atoms with Crippen LogP contribution < -0.4 is 5.73 Å². The second kappa shape index (κ2) is 7.35. The van der Waals surface area contributed by atoms with Crippen LogP contribution in [0.15, 0.2) is 24.3 Å². The molecule has 0 radical (unpaired) electrons. The van der Waals surface area contributed by atoms with E-state index in [2.05, 4.69) is 4.74 Å². The number of hydrogen-bond donors (Lipinski definition) is 1. The topological polar surface area (TPSA) is 52.3 Å². The van der Waals surface area contributed by atoms with Crippen molar-refractivity contribution in [1.29, 1.82) is 0 Å². The van der Waals surface area contributed by atoms with E-state index in [1.54, 1.807) is 0 Å². The van der Waals surface area contributed by atoms with Crippen LogP contribution in [-0.4, -0.2) is 19.3 Å². The average molecular weight is 298 g/mol. The number of halogens is 4. The van der Waals surface area contributed by atoms with Crippen molar-refractivity contribution >= 4 is 18.4 Å². The first-order valence-electron chi connectivity index (χ1n) is 5.34. The second-order valence-corrected chi connectivity index (χ2v) is 3.87. The molecule has 1 aromatic carbocycles. The summed E-state index contributed by atoms with van der Waals surface area (Å²) in [7, 11) is 1.26. The molecular formula is C12H15ClF3NO2. The molecule has 19 heavy (non-hydrogen) atoms. The Balaban J connectivity index is 0.00000324. The molecule has 0 aliphatic rings. The monoisotopic (exact) mass is 297 g/mol. The Morgan fingerprint density at radius 1 is 1.32 bits per heavy atom. The first-order chi connectivity index (χ1) is 8.33. The van der Waals surface area contributed by atoms with Crippen LogP contribution in [0.25, 0.3) is 0 Å². The van der Waals surface area contributed by atoms with E-state index in [0.717, 1.165) is 0 Å². The third kappa shape index (κ3) is 5.94. The highest BCUT2D eigenvalue weighted by Crippen LogP contribution is 2.26. The van der Waals surface area contributed by atoms with E-state index < -0.39 is 24.6 Å². The number of esters is 1. The fourth-order valence-electron chi connectivity index (χ4n) is 1.47. The molecule has 0 saturated carbocycles. The maximum atomic E-state index is 12.0. The van der Waals surface area contributed by atoms with Crippen LogP contribution >= 0.6 is 12.4 Å². The summed E-state index contributed by atoms with van der Waals surface area (Å²) in [5.41, 5.74) is 6.54. The van der Waals surface area contributed by atoms with Crippen LogP contribution in [0.4, 0.5) is 13.2 Å². The van der Waals surface area contributed by atoms with Crippen LogP contribution in [0, 0.1) is 0 Å². The standard InChI is InChI=1S/C12H14F3NO2.ClH/c1-18-11(17)9-4-2-8(3-5-9)10(16)6-7-12(13,14)15;/h2-5,10H,6-7,16H2,1H3;1H/t10-;/m0./s1. The van der Waals surface area contributed by atoms with Gasteiger partial charge in [0.25, 0.3) is 0 Å². The van der Waals surface area contributed by atoms with Crippen molar-refractivity contribution in [3.8, 4) is 0 Å². The minimum atomic E-state index is -4.20. The molecule has 0 amide bonds. The van der Waals surface area contributed by atoms with Gasteiger partial charge in [-0.2, -0.15) is 13.2 Å². The molecule has 108 valence electrons. The zero-order valence-corrected chi connectivity index (χ0v) is 11.1. The van der Waals surface area contributed by atoms with Gasteiger partial charge in [-0.15, -0.1) is 12.4 Å². The summed E-state index contributed by atoms with van der Waals surface area (Å²) in [6.07, 6.45) is -5.31. The van der Waals surface area contributed by atoms with E-state index in [4.69, 9.17) is 5.73 Å². The van der Waals surface area contributed by atoms with Gasteiger partial charge in [0.15, 0.2) is 0 Å². The van der Waals surface area contributed by atoms with Gasteiger partial charge >= 0.3 is 12.1 Å². The Morgan fingerprint density at radius 2 is 1.84 bits per heavy atom. The van der Waals surface area contributed by atoms with Gasteiger partial charge < -0.3 is 10.5 Å². The second-order valence-electron chi connectivity index (χ2n) is 3.87. The lowest BCUT2D eigenvalue weighted by atomic mass is 10.0. The van der Waals surface area contributed by atoms with Crippen LogP contribution in [0.5, 0.6) is 0 Å². The quantitative estimate of drug-likeness (QED) is 0.868. The molecule has 0 spiro atoms. The molecule has 1 aromatic rings. The summed E-state index contributed by atoms with van der Waals surface area (Å²) < 4.78 is 40.6. The third-order valence-electron chi connectivity index (χ3n) is 2.50. The Kier molecular flexibility index (Phi) is 6.86. The molecule has 0 unspecified atom stereocenters. The Bertz CT molecular complexity index is 406. The minimum absolute atomic E-state index is 0. The highest BCUT2D eigenvalue weighted by atomic mass is 35.5. The number of ether oxygens (including phenoxy) is 1. The van der Waals surface area contributed by atoms with E-state index in [9.17, 15) is 18.0 Å². The van der Waals surface area contributed by atoms with Gasteiger partial charge in [-0.05, 0) is 24.1 Å². The van der Waals surface area contributed by atoms with Crippen molar-refractivity contribution in [2.45, 2.75) is 25.1 Å². The Labute approximate surface area is 115 Å². The molecule has 1 rings (SSSR count). The molecule has 0 aliphatic carbocycles. The fraction of sp³-hybridized carbons (Fsp3) is 0.417. The van der Waals surface area contributed by atoms with Crippen molar-refractivity contribution in [2.75, 3.05) is 7.11 Å². The molecule has 0 aromatic heterocycles. The fourth-order valence-corrected chi connectivity index (χ4v) is 1.47. The molecule has 0 fully saturated rings. The van der Waals surface area contributed by atoms with Crippen LogP contribution in [-0.2, 0) is 4.74 Å². The average Bonchev–Trinajstić information content (AvgIpc) is 2.34. The molecule has 1 atom stereocenters. The molecule has 0 saturated heterocycles. The number of nitrogens with two attached hydrogens (primary N) is 1. The zero-order chi connectivity index (χ0) is 13.8. The maximum absolute atomic E-state index is 12.0. The van der Waals surface area contributed by atoms with Crippen LogP contribution in [0.3, 0.4) is 0 Å². The lowest BCUT2D eigenvalue weighted by Crippen LogP contribution is -2.16. The number of carbonyl (C=O) groups is 1. The molecule has 0 aliphatic heterocycles. The van der Waals surface area contributed by atoms with E-state index >= 15 is 0 Å². The minimum Gasteiger partial charge on any atom is -0.465 e. The first-order valence-corrected chi connectivity index (χ1v) is 5.34. The van der Waals surface area contributed by atoms with Crippen LogP contribution in [0.2, 0.25) is 0 Å². The third-order valence-corrected chi connectivity index (χ3v) is 2.50. The zero-order valence-electron chi connectivity index (χ0n) is 10.2. The summed E-state index contributed by atoms with van der Waals surface area (Å²) in [6.45, 7) is 0. The van der Waals surface area contributed by atoms with Gasteiger partial charge in [-0.3, -0.25) is 0 Å². The number of rotatable bonds is 4. The Hall–Kier alpha value is -1.27. The summed E-state index contributed by atoms with van der Waals surface area (Å²) in [5, 5.41) is 0. The summed E-state index contributed by atoms with van der Waals surface area (Å²) >= 11 is 0. The van der Waals surface area contributed by atoms with E-state index in [1.165, 1.54) is 31.4 Å². The first kappa shape index (κ1) is 17.7. The van der Waals surface area contributed by atoms with Gasteiger partial charge in [0.2, 0.25) is 0 Å². The number of alkyl halides is 3. The maximum Gasteiger partial charge on any atom is 0.389 e. The van der Waals surface area contributed by atoms with Gasteiger partial charge in [0, 0.05) is 12.5 Å². The van der Waals surface area contributed by atoms with Gasteiger partial charge in [0.05, 0.1) is 12.7 Å². The summed E-state index contributed by atoms with van der Waals surface area (Å²) in [4.78, 5) is 11.1. The highest BCUT2D eigenvalue weighted by Gasteiger charge is 2.27. The molecule has 0 bridgehead atoms. The Morgan fingerprint density at radius 3 is 2.26 bits per heavy atom. The number of hydrogen-bond acceptors (Lipinski definition) is 3. The van der Waals surface area contributed by atoms with E-state index in [-0.39, 0.29) is 18.8 Å². The van der Waals surface area contributed by atoms with Crippen molar-refractivity contribution < 1.29 is 22.7 Å². The normalized spacial score (nSPS) is 12.5.